The average Bonchev–Trinajstić information content (AvgIpc) is 2.52. The van der Waals surface area contributed by atoms with Crippen molar-refractivity contribution in [3.63, 3.8) is 0 Å². The first-order valence-electron chi connectivity index (χ1n) is 5.45. The summed E-state index contributed by atoms with van der Waals surface area (Å²) in [6.45, 7) is 2.51. The molecular formula is C10H14F3N3O. The fourth-order valence-electron chi connectivity index (χ4n) is 1.94. The second-order valence-corrected chi connectivity index (χ2v) is 4.11. The summed E-state index contributed by atoms with van der Waals surface area (Å²) in [4.78, 5) is 0. The Hall–Kier alpha value is -1.24. The fourth-order valence-corrected chi connectivity index (χ4v) is 1.94. The zero-order valence-electron chi connectivity index (χ0n) is 9.37. The maximum atomic E-state index is 12.5. The number of nitrogens with zero attached hydrogens (tertiary/aromatic N) is 2. The molecule has 1 aliphatic carbocycles. The molecule has 2 rings (SSSR count). The SMILES string of the molecule is CCOC1CC(n2cc(N)c(C(F)(F)F)n2)C1. The van der Waals surface area contributed by atoms with Gasteiger partial charge >= 0.3 is 6.18 Å². The van der Waals surface area contributed by atoms with Gasteiger partial charge in [0.15, 0.2) is 5.69 Å². The van der Waals surface area contributed by atoms with E-state index in [0.29, 0.717) is 19.4 Å². The van der Waals surface area contributed by atoms with Crippen LogP contribution >= 0.6 is 0 Å². The molecule has 0 bridgehead atoms. The van der Waals surface area contributed by atoms with E-state index in [1.54, 1.807) is 0 Å². The molecule has 0 aromatic carbocycles. The van der Waals surface area contributed by atoms with Crippen molar-refractivity contribution in [3.8, 4) is 0 Å². The van der Waals surface area contributed by atoms with Crippen LogP contribution in [-0.2, 0) is 10.9 Å². The first-order chi connectivity index (χ1) is 7.91. The quantitative estimate of drug-likeness (QED) is 0.893. The number of hydrogen-bond donors (Lipinski definition) is 1. The van der Waals surface area contributed by atoms with Crippen LogP contribution in [0.3, 0.4) is 0 Å². The van der Waals surface area contributed by atoms with E-state index in [4.69, 9.17) is 10.5 Å². The van der Waals surface area contributed by atoms with E-state index in [1.807, 2.05) is 6.92 Å². The third-order valence-electron chi connectivity index (χ3n) is 2.88. The van der Waals surface area contributed by atoms with Crippen molar-refractivity contribution in [1.82, 2.24) is 9.78 Å². The minimum absolute atomic E-state index is 0.0371. The summed E-state index contributed by atoms with van der Waals surface area (Å²) in [5.41, 5.74) is 3.98. The van der Waals surface area contributed by atoms with Crippen molar-refractivity contribution in [2.75, 3.05) is 12.3 Å². The second kappa shape index (κ2) is 4.21. The highest BCUT2D eigenvalue weighted by molar-refractivity contribution is 5.42. The summed E-state index contributed by atoms with van der Waals surface area (Å²) in [6.07, 6.45) is -1.74. The number of hydrogen-bond acceptors (Lipinski definition) is 3. The Bertz CT molecular complexity index is 396. The van der Waals surface area contributed by atoms with Crippen LogP contribution in [0.2, 0.25) is 0 Å². The summed E-state index contributed by atoms with van der Waals surface area (Å²) < 4.78 is 44.0. The molecule has 2 N–H and O–H groups in total. The van der Waals surface area contributed by atoms with Gasteiger partial charge in [-0.05, 0) is 19.8 Å². The average molecular weight is 249 g/mol. The van der Waals surface area contributed by atoms with Crippen molar-refractivity contribution >= 4 is 5.69 Å². The van der Waals surface area contributed by atoms with Crippen LogP contribution in [0.25, 0.3) is 0 Å². The molecule has 0 unspecified atom stereocenters. The van der Waals surface area contributed by atoms with E-state index in [-0.39, 0.29) is 17.8 Å². The van der Waals surface area contributed by atoms with Gasteiger partial charge in [-0.1, -0.05) is 0 Å². The van der Waals surface area contributed by atoms with Crippen LogP contribution in [0.15, 0.2) is 6.20 Å². The summed E-state index contributed by atoms with van der Waals surface area (Å²) in [5.74, 6) is 0. The summed E-state index contributed by atoms with van der Waals surface area (Å²) >= 11 is 0. The molecule has 1 fully saturated rings. The number of halogens is 3. The Morgan fingerprint density at radius 1 is 1.53 bits per heavy atom. The zero-order valence-corrected chi connectivity index (χ0v) is 9.37. The lowest BCUT2D eigenvalue weighted by Gasteiger charge is -2.34. The largest absolute Gasteiger partial charge is 0.437 e. The number of nitrogens with two attached hydrogens (primary N) is 1. The van der Waals surface area contributed by atoms with Gasteiger partial charge in [0, 0.05) is 12.8 Å². The third-order valence-corrected chi connectivity index (χ3v) is 2.88. The van der Waals surface area contributed by atoms with E-state index in [2.05, 4.69) is 5.10 Å². The van der Waals surface area contributed by atoms with E-state index >= 15 is 0 Å². The highest BCUT2D eigenvalue weighted by atomic mass is 19.4. The Kier molecular flexibility index (Phi) is 3.03. The van der Waals surface area contributed by atoms with Gasteiger partial charge in [0.25, 0.3) is 0 Å². The van der Waals surface area contributed by atoms with Crippen LogP contribution < -0.4 is 5.73 Å². The molecule has 96 valence electrons. The van der Waals surface area contributed by atoms with Gasteiger partial charge in [-0.3, -0.25) is 4.68 Å². The first-order valence-corrected chi connectivity index (χ1v) is 5.45. The van der Waals surface area contributed by atoms with Gasteiger partial charge in [-0.15, -0.1) is 0 Å². The fraction of sp³-hybridized carbons (Fsp3) is 0.700. The Morgan fingerprint density at radius 2 is 2.18 bits per heavy atom. The van der Waals surface area contributed by atoms with Crippen molar-refractivity contribution in [1.29, 1.82) is 0 Å². The van der Waals surface area contributed by atoms with Crippen LogP contribution in [-0.4, -0.2) is 22.5 Å². The Labute approximate surface area is 96.5 Å². The lowest BCUT2D eigenvalue weighted by atomic mass is 9.89. The second-order valence-electron chi connectivity index (χ2n) is 4.11. The molecule has 1 heterocycles. The number of alkyl halides is 3. The highest BCUT2D eigenvalue weighted by Crippen LogP contribution is 2.37. The molecule has 4 nitrogen and oxygen atoms in total. The molecule has 0 spiro atoms. The summed E-state index contributed by atoms with van der Waals surface area (Å²) in [7, 11) is 0. The molecule has 0 aliphatic heterocycles. The summed E-state index contributed by atoms with van der Waals surface area (Å²) in [6, 6.07) is -0.0371. The molecule has 1 aromatic heterocycles. The minimum Gasteiger partial charge on any atom is -0.396 e. The monoisotopic (exact) mass is 249 g/mol. The van der Waals surface area contributed by atoms with Crippen LogP contribution in [0.1, 0.15) is 31.5 Å². The van der Waals surface area contributed by atoms with Crippen molar-refractivity contribution < 1.29 is 17.9 Å². The predicted octanol–water partition coefficient (Wildman–Crippen LogP) is 2.22. The van der Waals surface area contributed by atoms with Crippen molar-refractivity contribution in [2.45, 2.75) is 38.1 Å². The number of ether oxygens (including phenoxy) is 1. The van der Waals surface area contributed by atoms with Crippen LogP contribution in [0.4, 0.5) is 18.9 Å². The molecule has 1 saturated carbocycles. The predicted molar refractivity (Wildman–Crippen MR) is 55.3 cm³/mol. The molecular weight excluding hydrogens is 235 g/mol. The molecule has 1 aliphatic rings. The van der Waals surface area contributed by atoms with Gasteiger partial charge in [0.05, 0.1) is 17.8 Å². The molecule has 0 saturated heterocycles. The van der Waals surface area contributed by atoms with Crippen LogP contribution in [0, 0.1) is 0 Å². The van der Waals surface area contributed by atoms with Gasteiger partial charge in [-0.25, -0.2) is 0 Å². The van der Waals surface area contributed by atoms with Gasteiger partial charge in [0.2, 0.25) is 0 Å². The minimum atomic E-state index is -4.49. The molecule has 7 heteroatoms. The number of anilines is 1. The van der Waals surface area contributed by atoms with Gasteiger partial charge < -0.3 is 10.5 Å². The van der Waals surface area contributed by atoms with E-state index < -0.39 is 11.9 Å². The maximum Gasteiger partial charge on any atom is 0.437 e. The number of rotatable bonds is 3. The Balaban J connectivity index is 2.05. The lowest BCUT2D eigenvalue weighted by molar-refractivity contribution is -0.141. The van der Waals surface area contributed by atoms with Crippen LogP contribution in [0.5, 0.6) is 0 Å². The molecule has 1 aromatic rings. The van der Waals surface area contributed by atoms with E-state index in [9.17, 15) is 13.2 Å². The molecule has 0 radical (unpaired) electrons. The normalized spacial score (nSPS) is 24.7. The lowest BCUT2D eigenvalue weighted by Crippen LogP contribution is -2.33. The number of aromatic nitrogens is 2. The number of nitrogen functional groups attached to an aromatic ring is 1. The van der Waals surface area contributed by atoms with E-state index in [1.165, 1.54) is 10.9 Å². The van der Waals surface area contributed by atoms with E-state index in [0.717, 1.165) is 0 Å². The molecule has 0 atom stereocenters. The van der Waals surface area contributed by atoms with Crippen molar-refractivity contribution in [2.24, 2.45) is 0 Å². The smallest absolute Gasteiger partial charge is 0.396 e. The highest BCUT2D eigenvalue weighted by Gasteiger charge is 2.39. The van der Waals surface area contributed by atoms with Gasteiger partial charge in [0.1, 0.15) is 0 Å². The summed E-state index contributed by atoms with van der Waals surface area (Å²) in [5, 5.41) is 3.51. The third kappa shape index (κ3) is 2.38. The topological polar surface area (TPSA) is 53.1 Å². The molecule has 17 heavy (non-hydrogen) atoms. The molecule has 0 amide bonds. The Morgan fingerprint density at radius 3 is 2.65 bits per heavy atom. The first kappa shape index (κ1) is 12.2. The van der Waals surface area contributed by atoms with Gasteiger partial charge in [-0.2, -0.15) is 18.3 Å². The van der Waals surface area contributed by atoms with Crippen molar-refractivity contribution in [3.05, 3.63) is 11.9 Å². The zero-order chi connectivity index (χ0) is 12.6. The maximum absolute atomic E-state index is 12.5. The standard InChI is InChI=1S/C10H14F3N3O/c1-2-17-7-3-6(4-7)16-5-8(14)9(15-16)10(11,12)13/h5-7H,2-4,14H2,1H3.